The van der Waals surface area contributed by atoms with Gasteiger partial charge in [0.2, 0.25) is 5.78 Å². The van der Waals surface area contributed by atoms with Crippen LogP contribution in [0.3, 0.4) is 0 Å². The van der Waals surface area contributed by atoms with Crippen molar-refractivity contribution >= 4 is 5.78 Å². The highest BCUT2D eigenvalue weighted by Crippen LogP contribution is 2.41. The van der Waals surface area contributed by atoms with Crippen molar-refractivity contribution in [3.8, 4) is 0 Å². The Hall–Kier alpha value is -1.90. The van der Waals surface area contributed by atoms with E-state index in [0.29, 0.717) is 11.1 Å². The van der Waals surface area contributed by atoms with E-state index < -0.39 is 23.3 Å². The van der Waals surface area contributed by atoms with Crippen LogP contribution in [-0.2, 0) is 4.79 Å². The first-order chi connectivity index (χ1) is 7.66. The van der Waals surface area contributed by atoms with Crippen LogP contribution in [-0.4, -0.2) is 10.9 Å². The number of hydrogen-bond donors (Lipinski definition) is 1. The molecule has 0 heterocycles. The molecule has 0 radical (unpaired) electrons. The van der Waals surface area contributed by atoms with Gasteiger partial charge in [-0.15, -0.1) is 0 Å². The van der Waals surface area contributed by atoms with Crippen molar-refractivity contribution in [1.82, 2.24) is 0 Å². The van der Waals surface area contributed by atoms with Crippen LogP contribution in [0.2, 0.25) is 0 Å². The van der Waals surface area contributed by atoms with Crippen molar-refractivity contribution in [2.75, 3.05) is 0 Å². The Kier molecular flexibility index (Phi) is 2.60. The van der Waals surface area contributed by atoms with Crippen LogP contribution in [0, 0.1) is 0 Å². The molecule has 2 rings (SSSR count). The number of aliphatic hydroxyl groups is 1. The number of aliphatic hydroxyl groups excluding tert-OH is 1. The molecular weight excluding hydrogens is 207 g/mol. The predicted octanol–water partition coefficient (Wildman–Crippen LogP) is 3.04. The van der Waals surface area contributed by atoms with E-state index in [1.807, 2.05) is 6.07 Å². The van der Waals surface area contributed by atoms with Gasteiger partial charge in [-0.05, 0) is 12.5 Å². The van der Waals surface area contributed by atoms with Crippen LogP contribution in [0.1, 0.15) is 18.4 Å². The monoisotopic (exact) mass is 218 g/mol. The summed E-state index contributed by atoms with van der Waals surface area (Å²) in [6, 6.07) is 8.84. The van der Waals surface area contributed by atoms with E-state index in [1.165, 1.54) is 0 Å². The van der Waals surface area contributed by atoms with Gasteiger partial charge in [0, 0.05) is 5.57 Å². The van der Waals surface area contributed by atoms with E-state index in [0.717, 1.165) is 0 Å². The molecule has 1 N–H and O–H groups in total. The molecule has 0 fully saturated rings. The van der Waals surface area contributed by atoms with Gasteiger partial charge in [0.1, 0.15) is 0 Å². The highest BCUT2D eigenvalue weighted by molar-refractivity contribution is 6.11. The maximum Gasteiger partial charge on any atom is 0.226 e. The number of allylic oxidation sites excluding steroid dienone is 3. The Labute approximate surface area is 92.7 Å². The molecule has 16 heavy (non-hydrogen) atoms. The van der Waals surface area contributed by atoms with E-state index in [9.17, 15) is 14.3 Å². The summed E-state index contributed by atoms with van der Waals surface area (Å²) in [6.45, 7) is 1.66. The van der Waals surface area contributed by atoms with Crippen LogP contribution in [0.5, 0.6) is 0 Å². The van der Waals surface area contributed by atoms with Crippen molar-refractivity contribution < 1.29 is 14.3 Å². The number of carbonyl (C=O) groups is 1. The lowest BCUT2D eigenvalue weighted by molar-refractivity contribution is -0.114. The van der Waals surface area contributed by atoms with Crippen molar-refractivity contribution in [2.45, 2.75) is 12.8 Å². The third-order valence-corrected chi connectivity index (χ3v) is 2.71. The highest BCUT2D eigenvalue weighted by atomic mass is 19.1. The molecule has 1 aliphatic carbocycles. The molecule has 1 aliphatic rings. The summed E-state index contributed by atoms with van der Waals surface area (Å²) < 4.78 is 13.7. The second-order valence-electron chi connectivity index (χ2n) is 3.61. The Bertz CT molecular complexity index is 486. The molecule has 0 bridgehead atoms. The molecule has 0 saturated carbocycles. The lowest BCUT2D eigenvalue weighted by Gasteiger charge is -2.10. The third-order valence-electron chi connectivity index (χ3n) is 2.71. The van der Waals surface area contributed by atoms with Crippen LogP contribution in [0.4, 0.5) is 4.39 Å². The van der Waals surface area contributed by atoms with Crippen LogP contribution >= 0.6 is 0 Å². The minimum absolute atomic E-state index is 0.293. The van der Waals surface area contributed by atoms with Crippen molar-refractivity contribution in [3.05, 3.63) is 59.1 Å². The molecule has 3 heteroatoms. The van der Waals surface area contributed by atoms with Crippen molar-refractivity contribution in [3.63, 3.8) is 0 Å². The lowest BCUT2D eigenvalue weighted by atomic mass is 9.93. The van der Waals surface area contributed by atoms with Crippen molar-refractivity contribution in [1.29, 1.82) is 0 Å². The SMILES string of the molecule is C/C=C1/C(=O)C(O)=C(F)C1c1ccccc1. The molecular formula is C13H11FO2. The van der Waals surface area contributed by atoms with Gasteiger partial charge in [0.15, 0.2) is 11.6 Å². The average Bonchev–Trinajstić information content (AvgIpc) is 2.54. The molecule has 82 valence electrons. The third kappa shape index (κ3) is 1.45. The van der Waals surface area contributed by atoms with Gasteiger partial charge >= 0.3 is 0 Å². The number of Topliss-reactive ketones (excluding diaryl/α,β-unsaturated/α-hetero) is 1. The van der Waals surface area contributed by atoms with Crippen LogP contribution < -0.4 is 0 Å². The fourth-order valence-electron chi connectivity index (χ4n) is 1.92. The molecule has 1 atom stereocenters. The highest BCUT2D eigenvalue weighted by Gasteiger charge is 2.38. The second-order valence-corrected chi connectivity index (χ2v) is 3.61. The Morgan fingerprint density at radius 2 is 1.94 bits per heavy atom. The first-order valence-electron chi connectivity index (χ1n) is 5.01. The van der Waals surface area contributed by atoms with Gasteiger partial charge in [-0.3, -0.25) is 4.79 Å². The predicted molar refractivity (Wildman–Crippen MR) is 58.7 cm³/mol. The molecule has 2 nitrogen and oxygen atoms in total. The molecule has 0 aliphatic heterocycles. The van der Waals surface area contributed by atoms with Gasteiger partial charge in [-0.2, -0.15) is 0 Å². The maximum absolute atomic E-state index is 13.7. The van der Waals surface area contributed by atoms with Gasteiger partial charge in [-0.1, -0.05) is 36.4 Å². The summed E-state index contributed by atoms with van der Waals surface area (Å²) in [4.78, 5) is 11.5. The molecule has 1 unspecified atom stereocenters. The first kappa shape index (κ1) is 10.6. The normalized spacial score (nSPS) is 23.2. The van der Waals surface area contributed by atoms with Crippen LogP contribution in [0.15, 0.2) is 53.6 Å². The molecule has 0 amide bonds. The fraction of sp³-hybridized carbons (Fsp3) is 0.154. The van der Waals surface area contributed by atoms with E-state index in [4.69, 9.17) is 0 Å². The zero-order chi connectivity index (χ0) is 11.7. The zero-order valence-electron chi connectivity index (χ0n) is 8.77. The Morgan fingerprint density at radius 3 is 2.50 bits per heavy atom. The largest absolute Gasteiger partial charge is 0.502 e. The minimum Gasteiger partial charge on any atom is -0.502 e. The standard InChI is InChI=1S/C13H11FO2/c1-2-9-10(8-6-4-3-5-7-8)11(14)13(16)12(9)15/h2-7,10,16H,1H3/b9-2+. The van der Waals surface area contributed by atoms with Gasteiger partial charge in [0.05, 0.1) is 5.92 Å². The topological polar surface area (TPSA) is 37.3 Å². The summed E-state index contributed by atoms with van der Waals surface area (Å²) in [5, 5.41) is 9.31. The summed E-state index contributed by atoms with van der Waals surface area (Å²) in [5.41, 5.74) is 0.965. The number of benzene rings is 1. The summed E-state index contributed by atoms with van der Waals surface area (Å²) in [6.07, 6.45) is 1.54. The zero-order valence-corrected chi connectivity index (χ0v) is 8.77. The summed E-state index contributed by atoms with van der Waals surface area (Å²) >= 11 is 0. The number of halogens is 1. The molecule has 1 aromatic carbocycles. The van der Waals surface area contributed by atoms with E-state index >= 15 is 0 Å². The Balaban J connectivity index is 2.53. The number of rotatable bonds is 1. The van der Waals surface area contributed by atoms with Gasteiger partial charge < -0.3 is 5.11 Å². The number of ketones is 1. The first-order valence-corrected chi connectivity index (χ1v) is 5.01. The van der Waals surface area contributed by atoms with Gasteiger partial charge in [0.25, 0.3) is 0 Å². The van der Waals surface area contributed by atoms with E-state index in [1.54, 1.807) is 37.3 Å². The summed E-state index contributed by atoms with van der Waals surface area (Å²) in [7, 11) is 0. The Morgan fingerprint density at radius 1 is 1.31 bits per heavy atom. The average molecular weight is 218 g/mol. The van der Waals surface area contributed by atoms with Crippen molar-refractivity contribution in [2.24, 2.45) is 0 Å². The van der Waals surface area contributed by atoms with E-state index in [-0.39, 0.29) is 0 Å². The second kappa shape index (κ2) is 3.93. The maximum atomic E-state index is 13.7. The van der Waals surface area contributed by atoms with E-state index in [2.05, 4.69) is 0 Å². The molecule has 1 aromatic rings. The summed E-state index contributed by atoms with van der Waals surface area (Å²) in [5.74, 6) is -2.89. The molecule has 0 saturated heterocycles. The van der Waals surface area contributed by atoms with Crippen LogP contribution in [0.25, 0.3) is 0 Å². The quantitative estimate of drug-likeness (QED) is 0.735. The number of carbonyl (C=O) groups excluding carboxylic acids is 1. The fourth-order valence-corrected chi connectivity index (χ4v) is 1.92. The molecule has 0 spiro atoms. The lowest BCUT2D eigenvalue weighted by Crippen LogP contribution is -2.03. The number of hydrogen-bond acceptors (Lipinski definition) is 2. The van der Waals surface area contributed by atoms with Gasteiger partial charge in [-0.25, -0.2) is 4.39 Å². The molecule has 0 aromatic heterocycles. The smallest absolute Gasteiger partial charge is 0.226 e. The minimum atomic E-state index is -0.762.